The zero-order chi connectivity index (χ0) is 27.9. The van der Waals surface area contributed by atoms with E-state index in [-0.39, 0.29) is 18.0 Å². The van der Waals surface area contributed by atoms with Gasteiger partial charge in [0.1, 0.15) is 23.7 Å². The van der Waals surface area contributed by atoms with Crippen LogP contribution in [0.25, 0.3) is 11.3 Å². The number of nitrogens with zero attached hydrogens (tertiary/aromatic N) is 5. The molecule has 2 fully saturated rings. The number of rotatable bonds is 6. The van der Waals surface area contributed by atoms with Gasteiger partial charge < -0.3 is 24.6 Å². The van der Waals surface area contributed by atoms with Crippen molar-refractivity contribution < 1.29 is 19.1 Å². The number of hydrogen-bond donors (Lipinski definition) is 1. The van der Waals surface area contributed by atoms with Gasteiger partial charge >= 0.3 is 6.03 Å². The fourth-order valence-electron chi connectivity index (χ4n) is 4.81. The van der Waals surface area contributed by atoms with Gasteiger partial charge in [-0.1, -0.05) is 12.1 Å². The Labute approximate surface area is 233 Å². The number of hydrogen-bond acceptors (Lipinski definition) is 7. The van der Waals surface area contributed by atoms with Crippen LogP contribution in [0.15, 0.2) is 54.7 Å². The van der Waals surface area contributed by atoms with Gasteiger partial charge in [0.15, 0.2) is 0 Å². The minimum absolute atomic E-state index is 0.0331. The van der Waals surface area contributed by atoms with E-state index in [9.17, 15) is 14.9 Å². The maximum absolute atomic E-state index is 12.6. The van der Waals surface area contributed by atoms with Crippen molar-refractivity contribution in [3.63, 3.8) is 0 Å². The second-order valence-electron chi connectivity index (χ2n) is 9.91. The monoisotopic (exact) mass is 540 g/mol. The summed E-state index contributed by atoms with van der Waals surface area (Å²) in [7, 11) is 0. The normalized spacial score (nSPS) is 15.8. The fraction of sp³-hybridized carbons (Fsp3) is 0.367. The van der Waals surface area contributed by atoms with Gasteiger partial charge in [0.25, 0.3) is 0 Å². The highest BCUT2D eigenvalue weighted by atomic mass is 16.5. The van der Waals surface area contributed by atoms with E-state index in [1.807, 2.05) is 42.5 Å². The summed E-state index contributed by atoms with van der Waals surface area (Å²) in [6.07, 6.45) is 3.92. The van der Waals surface area contributed by atoms with Crippen LogP contribution in [-0.4, -0.2) is 77.2 Å². The van der Waals surface area contributed by atoms with Gasteiger partial charge in [0.2, 0.25) is 5.91 Å². The number of benzene rings is 2. The first-order chi connectivity index (χ1) is 19.5. The van der Waals surface area contributed by atoms with E-state index >= 15 is 0 Å². The van der Waals surface area contributed by atoms with Crippen molar-refractivity contribution in [1.82, 2.24) is 19.8 Å². The van der Waals surface area contributed by atoms with Crippen LogP contribution in [0, 0.1) is 11.3 Å². The molecule has 1 aromatic heterocycles. The molecule has 206 valence electrons. The quantitative estimate of drug-likeness (QED) is 0.504. The molecule has 2 aliphatic heterocycles. The van der Waals surface area contributed by atoms with Gasteiger partial charge in [-0.05, 0) is 42.0 Å². The van der Waals surface area contributed by atoms with Gasteiger partial charge in [-0.15, -0.1) is 0 Å². The van der Waals surface area contributed by atoms with Crippen LogP contribution >= 0.6 is 0 Å². The summed E-state index contributed by atoms with van der Waals surface area (Å²) in [6.45, 7) is 5.01. The molecule has 5 rings (SSSR count). The number of nitriles is 1. The van der Waals surface area contributed by atoms with Gasteiger partial charge in [0.05, 0.1) is 24.5 Å². The Morgan fingerprint density at radius 1 is 1.05 bits per heavy atom. The lowest BCUT2D eigenvalue weighted by molar-refractivity contribution is -0.130. The molecule has 10 nitrogen and oxygen atoms in total. The first kappa shape index (κ1) is 27.1. The molecular weight excluding hydrogens is 508 g/mol. The van der Waals surface area contributed by atoms with Crippen molar-refractivity contribution in [3.8, 4) is 23.1 Å². The standard InChI is InChI=1S/C30H32N6O4/c1-21(37)35-12-14-36(15-13-35)30(38)33-25-5-2-22(3-6-25)18-29-32-11-8-27(34-29)23-4-7-28(24(19-23)20-31)40-26-9-16-39-17-10-26/h2-8,11,19,26H,9-10,12-18H2,1H3,(H,33,38). The topological polar surface area (TPSA) is 121 Å². The highest BCUT2D eigenvalue weighted by Gasteiger charge is 2.22. The molecule has 0 aliphatic carbocycles. The van der Waals surface area contributed by atoms with Crippen LogP contribution in [-0.2, 0) is 16.0 Å². The van der Waals surface area contributed by atoms with E-state index in [1.165, 1.54) is 0 Å². The number of carbonyl (C=O) groups excluding carboxylic acids is 2. The second kappa shape index (κ2) is 12.6. The number of nitrogens with one attached hydrogen (secondary N) is 1. The smallest absolute Gasteiger partial charge is 0.321 e. The third-order valence-electron chi connectivity index (χ3n) is 7.14. The van der Waals surface area contributed by atoms with E-state index in [0.29, 0.717) is 68.6 Å². The van der Waals surface area contributed by atoms with Crippen molar-refractivity contribution in [2.24, 2.45) is 0 Å². The molecule has 0 radical (unpaired) electrons. The molecule has 10 heteroatoms. The van der Waals surface area contributed by atoms with Crippen LogP contribution in [0.2, 0.25) is 0 Å². The van der Waals surface area contributed by atoms with E-state index < -0.39 is 0 Å². The Balaban J connectivity index is 1.20. The molecule has 0 unspecified atom stereocenters. The van der Waals surface area contributed by atoms with Crippen LogP contribution in [0.3, 0.4) is 0 Å². The Morgan fingerprint density at radius 3 is 2.48 bits per heavy atom. The second-order valence-corrected chi connectivity index (χ2v) is 9.91. The number of anilines is 1. The summed E-state index contributed by atoms with van der Waals surface area (Å²) in [5.74, 6) is 1.27. The molecule has 0 spiro atoms. The number of ether oxygens (including phenoxy) is 2. The zero-order valence-corrected chi connectivity index (χ0v) is 22.5. The molecule has 3 amide bonds. The molecule has 0 bridgehead atoms. The predicted octanol–water partition coefficient (Wildman–Crippen LogP) is 3.86. The lowest BCUT2D eigenvalue weighted by Gasteiger charge is -2.34. The fourth-order valence-corrected chi connectivity index (χ4v) is 4.81. The number of carbonyl (C=O) groups is 2. The Hall–Kier alpha value is -4.49. The molecule has 40 heavy (non-hydrogen) atoms. The lowest BCUT2D eigenvalue weighted by atomic mass is 10.1. The Kier molecular flexibility index (Phi) is 8.52. The molecule has 0 atom stereocenters. The summed E-state index contributed by atoms with van der Waals surface area (Å²) in [4.78, 5) is 36.7. The van der Waals surface area contributed by atoms with E-state index in [1.54, 1.807) is 29.0 Å². The van der Waals surface area contributed by atoms with Crippen molar-refractivity contribution >= 4 is 17.6 Å². The SMILES string of the molecule is CC(=O)N1CCN(C(=O)Nc2ccc(Cc3nccc(-c4ccc(OC5CCOCC5)c(C#N)c4)n3)cc2)CC1. The number of piperazine rings is 1. The number of amides is 3. The largest absolute Gasteiger partial charge is 0.489 e. The molecule has 2 aromatic carbocycles. The van der Waals surface area contributed by atoms with Gasteiger partial charge in [0, 0.05) is 69.8 Å². The summed E-state index contributed by atoms with van der Waals surface area (Å²) in [5.41, 5.74) is 3.73. The average Bonchev–Trinajstić information content (AvgIpc) is 2.99. The van der Waals surface area contributed by atoms with Crippen LogP contribution in [0.5, 0.6) is 5.75 Å². The third-order valence-corrected chi connectivity index (χ3v) is 7.14. The van der Waals surface area contributed by atoms with Crippen molar-refractivity contribution in [1.29, 1.82) is 5.26 Å². The average molecular weight is 541 g/mol. The van der Waals surface area contributed by atoms with Gasteiger partial charge in [-0.25, -0.2) is 14.8 Å². The minimum atomic E-state index is -0.173. The first-order valence-electron chi connectivity index (χ1n) is 13.5. The Bertz CT molecular complexity index is 1390. The molecule has 3 heterocycles. The maximum Gasteiger partial charge on any atom is 0.321 e. The van der Waals surface area contributed by atoms with Gasteiger partial charge in [-0.3, -0.25) is 4.79 Å². The third kappa shape index (κ3) is 6.74. The number of urea groups is 1. The van der Waals surface area contributed by atoms with E-state index in [2.05, 4.69) is 16.4 Å². The molecular formula is C30H32N6O4. The van der Waals surface area contributed by atoms with E-state index in [0.717, 1.165) is 29.7 Å². The highest BCUT2D eigenvalue weighted by Crippen LogP contribution is 2.28. The molecule has 3 aromatic rings. The van der Waals surface area contributed by atoms with Crippen LogP contribution in [0.4, 0.5) is 10.5 Å². The summed E-state index contributed by atoms with van der Waals surface area (Å²) >= 11 is 0. The van der Waals surface area contributed by atoms with Crippen LogP contribution < -0.4 is 10.1 Å². The van der Waals surface area contributed by atoms with Crippen molar-refractivity contribution in [2.75, 3.05) is 44.7 Å². The van der Waals surface area contributed by atoms with E-state index in [4.69, 9.17) is 14.5 Å². The Morgan fingerprint density at radius 2 is 1.77 bits per heavy atom. The van der Waals surface area contributed by atoms with Crippen molar-refractivity contribution in [2.45, 2.75) is 32.3 Å². The van der Waals surface area contributed by atoms with Crippen LogP contribution in [0.1, 0.15) is 36.7 Å². The lowest BCUT2D eigenvalue weighted by Crippen LogP contribution is -2.51. The van der Waals surface area contributed by atoms with Gasteiger partial charge in [-0.2, -0.15) is 5.26 Å². The summed E-state index contributed by atoms with van der Waals surface area (Å²) in [6, 6.07) is 17.1. The molecule has 2 aliphatic rings. The molecule has 2 saturated heterocycles. The summed E-state index contributed by atoms with van der Waals surface area (Å²) < 4.78 is 11.5. The molecule has 1 N–H and O–H groups in total. The van der Waals surface area contributed by atoms with Crippen molar-refractivity contribution in [3.05, 3.63) is 71.7 Å². The minimum Gasteiger partial charge on any atom is -0.489 e. The molecule has 0 saturated carbocycles. The number of aromatic nitrogens is 2. The maximum atomic E-state index is 12.6. The first-order valence-corrected chi connectivity index (χ1v) is 13.5. The summed E-state index contributed by atoms with van der Waals surface area (Å²) in [5, 5.41) is 12.6. The highest BCUT2D eigenvalue weighted by molar-refractivity contribution is 5.89. The zero-order valence-electron chi connectivity index (χ0n) is 22.5. The predicted molar refractivity (Wildman–Crippen MR) is 149 cm³/mol.